The van der Waals surface area contributed by atoms with Gasteiger partial charge in [-0.1, -0.05) is 54.2 Å². The van der Waals surface area contributed by atoms with Crippen LogP contribution >= 0.6 is 22.2 Å². The molecule has 0 spiro atoms. The molecule has 2 aliphatic rings. The van der Waals surface area contributed by atoms with E-state index in [4.69, 9.17) is 9.73 Å². The van der Waals surface area contributed by atoms with Gasteiger partial charge < -0.3 is 4.74 Å². The number of ether oxygens (including phenoxy) is 1. The van der Waals surface area contributed by atoms with Gasteiger partial charge in [0.15, 0.2) is 0 Å². The lowest BCUT2D eigenvalue weighted by molar-refractivity contribution is 0.451. The van der Waals surface area contributed by atoms with E-state index in [0.717, 1.165) is 27.4 Å². The first-order chi connectivity index (χ1) is 13.9. The van der Waals surface area contributed by atoms with E-state index in [0.29, 0.717) is 0 Å². The predicted molar refractivity (Wildman–Crippen MR) is 114 cm³/mol. The largest absolute Gasteiger partial charge is 0.455 e. The first-order valence-electron chi connectivity index (χ1n) is 9.10. The van der Waals surface area contributed by atoms with Gasteiger partial charge in [0.1, 0.15) is 11.5 Å². The molecule has 0 saturated carbocycles. The average molecular weight is 398 g/mol. The van der Waals surface area contributed by atoms with Gasteiger partial charge in [-0.05, 0) is 48.5 Å². The van der Waals surface area contributed by atoms with Crippen LogP contribution in [-0.4, -0.2) is 0 Å². The number of fused-ring (bicyclic) bond motifs is 4. The molecule has 0 saturated heterocycles. The minimum atomic E-state index is -0.219. The summed E-state index contributed by atoms with van der Waals surface area (Å²) in [4.78, 5) is 9.84. The Bertz CT molecular complexity index is 1380. The van der Waals surface area contributed by atoms with E-state index in [1.165, 1.54) is 19.2 Å². The van der Waals surface area contributed by atoms with Crippen LogP contribution in [0.5, 0.6) is 11.5 Å². The monoisotopic (exact) mass is 397 g/mol. The Hall–Kier alpha value is -2.82. The Balaban J connectivity index is 1.68. The SMILES string of the molecule is c1ccc2c(c1)N=c1ccccc1=S2c1cccc2c1Sc1ccccc1O2. The van der Waals surface area contributed by atoms with Crippen molar-refractivity contribution >= 4 is 27.9 Å². The number of hydrogen-bond donors (Lipinski definition) is 0. The Labute approximate surface area is 169 Å². The maximum absolute atomic E-state index is 6.25. The van der Waals surface area contributed by atoms with Crippen molar-refractivity contribution in [1.82, 2.24) is 0 Å². The fraction of sp³-hybridized carbons (Fsp3) is 0. The van der Waals surface area contributed by atoms with Crippen LogP contribution in [0.3, 0.4) is 0 Å². The molecule has 0 aliphatic carbocycles. The van der Waals surface area contributed by atoms with E-state index in [-0.39, 0.29) is 10.5 Å². The zero-order valence-corrected chi connectivity index (χ0v) is 16.5. The summed E-state index contributed by atoms with van der Waals surface area (Å²) in [5.41, 5.74) is 1.06. The first-order valence-corrected chi connectivity index (χ1v) is 11.1. The normalized spacial score (nSPS) is 15.9. The summed E-state index contributed by atoms with van der Waals surface area (Å²) in [6.07, 6.45) is 0. The average Bonchev–Trinajstić information content (AvgIpc) is 2.76. The van der Waals surface area contributed by atoms with Crippen molar-refractivity contribution in [3.05, 3.63) is 101 Å². The van der Waals surface area contributed by atoms with Gasteiger partial charge in [-0.3, -0.25) is 0 Å². The summed E-state index contributed by atoms with van der Waals surface area (Å²) < 4.78 is 7.52. The van der Waals surface area contributed by atoms with Crippen LogP contribution in [-0.2, 0) is 0 Å². The van der Waals surface area contributed by atoms with E-state index in [1.54, 1.807) is 11.8 Å². The molecule has 28 heavy (non-hydrogen) atoms. The smallest absolute Gasteiger partial charge is 0.142 e. The van der Waals surface area contributed by atoms with Crippen LogP contribution in [0.2, 0.25) is 0 Å². The van der Waals surface area contributed by atoms with Crippen LogP contribution in [0.15, 0.2) is 116 Å². The van der Waals surface area contributed by atoms with E-state index >= 15 is 0 Å². The second kappa shape index (κ2) is 6.36. The van der Waals surface area contributed by atoms with Gasteiger partial charge in [0.2, 0.25) is 0 Å². The van der Waals surface area contributed by atoms with Crippen molar-refractivity contribution in [2.45, 2.75) is 19.6 Å². The fourth-order valence-electron chi connectivity index (χ4n) is 3.61. The summed E-state index contributed by atoms with van der Waals surface area (Å²) >= 11 is 1.80. The third kappa shape index (κ3) is 2.45. The molecule has 2 aliphatic heterocycles. The molecular formula is C24H15NOS2. The van der Waals surface area contributed by atoms with Gasteiger partial charge in [-0.2, -0.15) is 0 Å². The molecule has 4 aromatic rings. The second-order valence-corrected chi connectivity index (χ2v) is 9.57. The molecule has 0 amide bonds. The van der Waals surface area contributed by atoms with Crippen molar-refractivity contribution in [2.75, 3.05) is 0 Å². The Kier molecular flexibility index (Phi) is 3.67. The van der Waals surface area contributed by atoms with Gasteiger partial charge in [0.05, 0.1) is 20.8 Å². The highest BCUT2D eigenvalue weighted by molar-refractivity contribution is 8.10. The molecule has 4 heteroatoms. The van der Waals surface area contributed by atoms with Crippen molar-refractivity contribution in [3.8, 4) is 11.5 Å². The van der Waals surface area contributed by atoms with Crippen LogP contribution in [0.4, 0.5) is 5.69 Å². The van der Waals surface area contributed by atoms with Crippen molar-refractivity contribution in [1.29, 1.82) is 0 Å². The molecule has 0 radical (unpaired) electrons. The lowest BCUT2D eigenvalue weighted by Crippen LogP contribution is -2.06. The molecule has 1 unspecified atom stereocenters. The molecule has 0 N–H and O–H groups in total. The van der Waals surface area contributed by atoms with Gasteiger partial charge in [-0.15, -0.1) is 10.5 Å². The summed E-state index contributed by atoms with van der Waals surface area (Å²) in [5.74, 6) is 1.87. The third-order valence-corrected chi connectivity index (χ3v) is 8.52. The molecule has 2 heterocycles. The van der Waals surface area contributed by atoms with Crippen LogP contribution in [0.1, 0.15) is 0 Å². The van der Waals surface area contributed by atoms with Crippen LogP contribution in [0.25, 0.3) is 0 Å². The number of nitrogens with zero attached hydrogens (tertiary/aromatic N) is 1. The van der Waals surface area contributed by atoms with Crippen LogP contribution < -0.4 is 10.1 Å². The predicted octanol–water partition coefficient (Wildman–Crippen LogP) is 6.85. The van der Waals surface area contributed by atoms with Gasteiger partial charge in [0, 0.05) is 14.3 Å². The minimum Gasteiger partial charge on any atom is -0.455 e. The quantitative estimate of drug-likeness (QED) is 0.283. The molecule has 0 bridgehead atoms. The van der Waals surface area contributed by atoms with Gasteiger partial charge >= 0.3 is 0 Å². The highest BCUT2D eigenvalue weighted by Crippen LogP contribution is 2.55. The first kappa shape index (κ1) is 16.2. The number of benzene rings is 4. The minimum absolute atomic E-state index is 0.219. The van der Waals surface area contributed by atoms with Gasteiger partial charge in [0.25, 0.3) is 0 Å². The van der Waals surface area contributed by atoms with Crippen molar-refractivity contribution < 1.29 is 4.74 Å². The zero-order chi connectivity index (χ0) is 18.5. The topological polar surface area (TPSA) is 21.6 Å². The number of hydrogen-bond acceptors (Lipinski definition) is 3. The lowest BCUT2D eigenvalue weighted by Gasteiger charge is -2.24. The molecule has 2 nitrogen and oxygen atoms in total. The van der Waals surface area contributed by atoms with Crippen molar-refractivity contribution in [2.24, 2.45) is 4.99 Å². The molecule has 1 atom stereocenters. The number of para-hydroxylation sites is 3. The Morgan fingerprint density at radius 3 is 2.43 bits per heavy atom. The standard InChI is InChI=1S/C24H15NOS2/c1-5-13-21-16(8-1)25-17-9-2-6-14-22(17)28(21)23-15-7-11-19-24(23)27-20-12-4-3-10-18(20)26-19/h1-15H. The molecule has 0 fully saturated rings. The lowest BCUT2D eigenvalue weighted by atomic mass is 10.3. The molecule has 0 aromatic heterocycles. The molecule has 4 aromatic carbocycles. The Morgan fingerprint density at radius 2 is 1.43 bits per heavy atom. The third-order valence-electron chi connectivity index (χ3n) is 4.86. The number of rotatable bonds is 1. The second-order valence-electron chi connectivity index (χ2n) is 6.59. The Morgan fingerprint density at radius 1 is 0.679 bits per heavy atom. The fourth-order valence-corrected chi connectivity index (χ4v) is 7.23. The van der Waals surface area contributed by atoms with Crippen LogP contribution in [0, 0.1) is 4.51 Å². The van der Waals surface area contributed by atoms with Gasteiger partial charge in [-0.25, -0.2) is 4.99 Å². The molecule has 6 rings (SSSR count). The summed E-state index contributed by atoms with van der Waals surface area (Å²) in [5, 5.41) is 1.06. The molecular weight excluding hydrogens is 382 g/mol. The zero-order valence-electron chi connectivity index (χ0n) is 14.8. The van der Waals surface area contributed by atoms with E-state index < -0.39 is 0 Å². The maximum atomic E-state index is 6.25. The van der Waals surface area contributed by atoms with E-state index in [9.17, 15) is 0 Å². The summed E-state index contributed by atoms with van der Waals surface area (Å²) in [7, 11) is -0.219. The highest BCUT2D eigenvalue weighted by atomic mass is 32.2. The van der Waals surface area contributed by atoms with E-state index in [2.05, 4.69) is 78.9 Å². The summed E-state index contributed by atoms with van der Waals surface area (Å²) in [6, 6.07) is 31.6. The highest BCUT2D eigenvalue weighted by Gasteiger charge is 2.24. The van der Waals surface area contributed by atoms with E-state index in [1.807, 2.05) is 12.1 Å². The summed E-state index contributed by atoms with van der Waals surface area (Å²) in [6.45, 7) is 0. The maximum Gasteiger partial charge on any atom is 0.142 e. The molecule has 134 valence electrons. The van der Waals surface area contributed by atoms with Crippen molar-refractivity contribution in [3.63, 3.8) is 0 Å².